The zero-order valence-corrected chi connectivity index (χ0v) is 24.1. The molecule has 0 amide bonds. The fourth-order valence-electron chi connectivity index (χ4n) is 5.98. The summed E-state index contributed by atoms with van der Waals surface area (Å²) in [4.78, 5) is 27.1. The topological polar surface area (TPSA) is 101 Å². The van der Waals surface area contributed by atoms with E-state index in [1.54, 1.807) is 7.05 Å². The average Bonchev–Trinajstić information content (AvgIpc) is 3.24. The molecule has 39 heavy (non-hydrogen) atoms. The molecule has 2 aromatic heterocycles. The molecule has 5 rings (SSSR count). The molecule has 3 aromatic rings. The number of hydrogen-bond acceptors (Lipinski definition) is 8. The normalized spacial score (nSPS) is 21.6. The van der Waals surface area contributed by atoms with Gasteiger partial charge < -0.3 is 18.9 Å². The minimum atomic E-state index is -0.358. The monoisotopic (exact) mass is 533 g/mol. The Bertz CT molecular complexity index is 1480. The number of hydrogen-bond donors (Lipinski definition) is 0. The molecule has 1 fully saturated rings. The van der Waals surface area contributed by atoms with Crippen molar-refractivity contribution in [1.29, 1.82) is 5.26 Å². The number of rotatable bonds is 6. The number of anilines is 1. The van der Waals surface area contributed by atoms with E-state index >= 15 is 0 Å². The van der Waals surface area contributed by atoms with E-state index in [1.807, 2.05) is 31.5 Å². The molecule has 10 nitrogen and oxygen atoms in total. The van der Waals surface area contributed by atoms with Crippen LogP contribution in [0.25, 0.3) is 11.2 Å². The molecular weight excluding hydrogens is 494 g/mol. The van der Waals surface area contributed by atoms with Crippen molar-refractivity contribution in [3.05, 3.63) is 40.1 Å². The predicted octanol–water partition coefficient (Wildman–Crippen LogP) is 3.72. The van der Waals surface area contributed by atoms with Gasteiger partial charge in [-0.3, -0.25) is 9.47 Å². The Morgan fingerprint density at radius 3 is 2.54 bits per heavy atom. The van der Waals surface area contributed by atoms with E-state index in [0.29, 0.717) is 29.4 Å². The molecule has 0 radical (unpaired) electrons. The molecule has 2 aliphatic rings. The van der Waals surface area contributed by atoms with Gasteiger partial charge in [-0.1, -0.05) is 19.9 Å². The summed E-state index contributed by atoms with van der Waals surface area (Å²) in [6.07, 6.45) is 2.02. The second-order valence-electron chi connectivity index (χ2n) is 11.4. The van der Waals surface area contributed by atoms with Gasteiger partial charge in [-0.05, 0) is 51.3 Å². The lowest BCUT2D eigenvalue weighted by Crippen LogP contribution is -2.59. The van der Waals surface area contributed by atoms with E-state index in [4.69, 9.17) is 14.5 Å². The molecule has 10 heteroatoms. The largest absolute Gasteiger partial charge is 0.486 e. The number of nitriles is 1. The van der Waals surface area contributed by atoms with Crippen LogP contribution in [0.15, 0.2) is 23.0 Å². The van der Waals surface area contributed by atoms with Crippen LogP contribution in [-0.4, -0.2) is 61.4 Å². The van der Waals surface area contributed by atoms with Crippen LogP contribution in [-0.2, 0) is 20.5 Å². The first kappa shape index (κ1) is 27.0. The molecule has 0 saturated carbocycles. The fraction of sp³-hybridized carbons (Fsp3) is 0.586. The first-order valence-corrected chi connectivity index (χ1v) is 13.9. The molecule has 208 valence electrons. The van der Waals surface area contributed by atoms with Gasteiger partial charge in [0.05, 0.1) is 12.5 Å². The van der Waals surface area contributed by atoms with Crippen molar-refractivity contribution < 1.29 is 9.47 Å². The summed E-state index contributed by atoms with van der Waals surface area (Å²) in [5, 5.41) is 9.31. The number of fused-ring (bicyclic) bond motifs is 2. The van der Waals surface area contributed by atoms with Crippen molar-refractivity contribution in [3.8, 4) is 17.6 Å². The lowest BCUT2D eigenvalue weighted by Gasteiger charge is -2.49. The minimum absolute atomic E-state index is 0.149. The lowest BCUT2D eigenvalue weighted by molar-refractivity contribution is 0.0209. The molecule has 0 bridgehead atoms. The van der Waals surface area contributed by atoms with Gasteiger partial charge >= 0.3 is 5.69 Å². The Hall–Kier alpha value is -3.58. The van der Waals surface area contributed by atoms with Gasteiger partial charge in [-0.15, -0.1) is 0 Å². The summed E-state index contributed by atoms with van der Waals surface area (Å²) < 4.78 is 15.5. The van der Waals surface area contributed by atoms with Crippen molar-refractivity contribution in [2.75, 3.05) is 24.6 Å². The van der Waals surface area contributed by atoms with E-state index < -0.39 is 0 Å². The molecule has 1 saturated heterocycles. The maximum absolute atomic E-state index is 13.0. The van der Waals surface area contributed by atoms with Crippen molar-refractivity contribution in [2.24, 2.45) is 14.1 Å². The van der Waals surface area contributed by atoms with E-state index in [2.05, 4.69) is 53.8 Å². The van der Waals surface area contributed by atoms with Gasteiger partial charge in [-0.25, -0.2) is 9.78 Å². The van der Waals surface area contributed by atoms with Gasteiger partial charge in [0.25, 0.3) is 0 Å². The first-order valence-electron chi connectivity index (χ1n) is 13.9. The van der Waals surface area contributed by atoms with Gasteiger partial charge in [-0.2, -0.15) is 10.2 Å². The highest BCUT2D eigenvalue weighted by atomic mass is 16.6. The third kappa shape index (κ3) is 4.73. The SMILES string of the molecule is CC[C@H]1CN(C(C)c2ccc3c(c2)OC(C)(C)CO3)[C@H](CC)CN1c1nc(=O)n(C)c2c1nc(CC#N)n2C. The molecule has 0 N–H and O–H groups in total. The quantitative estimate of drug-likeness (QED) is 0.473. The van der Waals surface area contributed by atoms with E-state index in [-0.39, 0.29) is 35.8 Å². The molecule has 2 aliphatic heterocycles. The number of benzene rings is 1. The van der Waals surface area contributed by atoms with Gasteiger partial charge in [0.1, 0.15) is 29.2 Å². The van der Waals surface area contributed by atoms with Crippen molar-refractivity contribution in [3.63, 3.8) is 0 Å². The average molecular weight is 534 g/mol. The van der Waals surface area contributed by atoms with Crippen molar-refractivity contribution in [1.82, 2.24) is 24.0 Å². The Balaban J connectivity index is 1.49. The molecule has 0 aliphatic carbocycles. The highest BCUT2D eigenvalue weighted by Crippen LogP contribution is 2.39. The van der Waals surface area contributed by atoms with Crippen molar-refractivity contribution in [2.45, 2.75) is 77.6 Å². The summed E-state index contributed by atoms with van der Waals surface area (Å²) in [6, 6.07) is 9.03. The number of aryl methyl sites for hydroxylation is 2. The highest BCUT2D eigenvalue weighted by Gasteiger charge is 2.38. The smallest absolute Gasteiger partial charge is 0.350 e. The highest BCUT2D eigenvalue weighted by molar-refractivity contribution is 5.84. The molecule has 0 spiro atoms. The van der Waals surface area contributed by atoms with Crippen LogP contribution in [0, 0.1) is 11.3 Å². The van der Waals surface area contributed by atoms with Gasteiger partial charge in [0.15, 0.2) is 17.3 Å². The molecule has 3 atom stereocenters. The number of nitrogens with zero attached hydrogens (tertiary/aromatic N) is 7. The van der Waals surface area contributed by atoms with Gasteiger partial charge in [0.2, 0.25) is 0 Å². The van der Waals surface area contributed by atoms with Crippen LogP contribution in [0.1, 0.15) is 64.9 Å². The number of piperazine rings is 1. The van der Waals surface area contributed by atoms with Crippen molar-refractivity contribution >= 4 is 17.0 Å². The van der Waals surface area contributed by atoms with Gasteiger partial charge in [0, 0.05) is 45.3 Å². The first-order chi connectivity index (χ1) is 18.6. The molecule has 1 aromatic carbocycles. The third-order valence-electron chi connectivity index (χ3n) is 8.28. The molecular formula is C29H39N7O3. The van der Waals surface area contributed by atoms with E-state index in [0.717, 1.165) is 37.4 Å². The van der Waals surface area contributed by atoms with Crippen LogP contribution in [0.3, 0.4) is 0 Å². The standard InChI is InChI=1S/C29H39N7O3/c1-8-20-16-36(26-25-27(34(7)28(37)32-26)33(6)24(31-25)12-13-30)21(9-2)15-35(20)18(3)19-10-11-22-23(14-19)39-29(4,5)17-38-22/h10-11,14,18,20-21H,8-9,12,15-17H2,1-7H3/t18?,20-,21+/m1/s1. The summed E-state index contributed by atoms with van der Waals surface area (Å²) >= 11 is 0. The molecule has 1 unspecified atom stereocenters. The van der Waals surface area contributed by atoms with Crippen LogP contribution in [0.5, 0.6) is 11.5 Å². The number of aromatic nitrogens is 4. The Kier molecular flexibility index (Phi) is 7.06. The maximum atomic E-state index is 13.0. The Morgan fingerprint density at radius 1 is 1.10 bits per heavy atom. The summed E-state index contributed by atoms with van der Waals surface area (Å²) in [6.45, 7) is 12.8. The zero-order valence-electron chi connectivity index (χ0n) is 24.1. The second kappa shape index (κ2) is 10.2. The second-order valence-corrected chi connectivity index (χ2v) is 11.4. The number of ether oxygens (including phenoxy) is 2. The minimum Gasteiger partial charge on any atom is -0.486 e. The summed E-state index contributed by atoms with van der Waals surface area (Å²) in [5.41, 5.74) is 1.88. The molecule has 4 heterocycles. The Morgan fingerprint density at radius 2 is 1.85 bits per heavy atom. The summed E-state index contributed by atoms with van der Waals surface area (Å²) in [5.74, 6) is 2.84. The zero-order chi connectivity index (χ0) is 28.1. The van der Waals surface area contributed by atoms with Crippen LogP contribution >= 0.6 is 0 Å². The van der Waals surface area contributed by atoms with Crippen LogP contribution in [0.2, 0.25) is 0 Å². The third-order valence-corrected chi connectivity index (χ3v) is 8.28. The van der Waals surface area contributed by atoms with E-state index in [1.165, 1.54) is 10.1 Å². The maximum Gasteiger partial charge on any atom is 0.350 e. The summed E-state index contributed by atoms with van der Waals surface area (Å²) in [7, 11) is 3.56. The Labute approximate surface area is 229 Å². The van der Waals surface area contributed by atoms with Crippen LogP contribution in [0.4, 0.5) is 5.82 Å². The fourth-order valence-corrected chi connectivity index (χ4v) is 5.98. The lowest BCUT2D eigenvalue weighted by atomic mass is 9.96. The van der Waals surface area contributed by atoms with E-state index in [9.17, 15) is 10.1 Å². The number of imidazole rings is 1. The predicted molar refractivity (Wildman–Crippen MR) is 150 cm³/mol. The van der Waals surface area contributed by atoms with Crippen LogP contribution < -0.4 is 20.1 Å².